The van der Waals surface area contributed by atoms with E-state index in [-0.39, 0.29) is 6.10 Å². The summed E-state index contributed by atoms with van der Waals surface area (Å²) < 4.78 is 36.1. The van der Waals surface area contributed by atoms with E-state index in [1.807, 2.05) is 72.8 Å². The zero-order valence-corrected chi connectivity index (χ0v) is 43.1. The van der Waals surface area contributed by atoms with Gasteiger partial charge in [0, 0.05) is 38.0 Å². The van der Waals surface area contributed by atoms with Crippen LogP contribution in [0.5, 0.6) is 17.2 Å². The molecule has 398 valence electrons. The average molecular weight is 999 g/mol. The molecule has 12 heteroatoms. The van der Waals surface area contributed by atoms with E-state index in [1.165, 1.54) is 89.9 Å². The number of carboxylic acid groups (broad SMARTS) is 3. The Morgan fingerprint density at radius 2 is 0.569 bits per heavy atom. The van der Waals surface area contributed by atoms with Gasteiger partial charge in [-0.3, -0.25) is 0 Å². The van der Waals surface area contributed by atoms with E-state index in [0.717, 1.165) is 136 Å². The van der Waals surface area contributed by atoms with Crippen LogP contribution in [-0.2, 0) is 28.6 Å². The molecule has 0 spiro atoms. The van der Waals surface area contributed by atoms with Gasteiger partial charge in [0.05, 0.1) is 33.0 Å². The maximum Gasteiger partial charge on any atom is 0.328 e. The second-order valence-corrected chi connectivity index (χ2v) is 18.4. The summed E-state index contributed by atoms with van der Waals surface area (Å²) in [5.41, 5.74) is 2.51. The van der Waals surface area contributed by atoms with Gasteiger partial charge in [-0.05, 0) is 110 Å². The summed E-state index contributed by atoms with van der Waals surface area (Å²) in [6, 6.07) is 22.4. The number of carboxylic acids is 3. The third kappa shape index (κ3) is 34.8. The van der Waals surface area contributed by atoms with Crippen molar-refractivity contribution in [2.75, 3.05) is 52.9 Å². The Morgan fingerprint density at radius 1 is 0.333 bits per heavy atom. The van der Waals surface area contributed by atoms with Crippen LogP contribution in [0, 0.1) is 0 Å². The molecule has 0 fully saturated rings. The van der Waals surface area contributed by atoms with E-state index >= 15 is 0 Å². The normalized spacial score (nSPS) is 12.0. The van der Waals surface area contributed by atoms with E-state index in [2.05, 4.69) is 0 Å². The topological polar surface area (TPSA) is 167 Å². The zero-order valence-electron chi connectivity index (χ0n) is 43.1. The minimum Gasteiger partial charge on any atom is -0.494 e. The molecule has 0 aliphatic carbocycles. The zero-order chi connectivity index (χ0) is 51.4. The highest BCUT2D eigenvalue weighted by atomic mass is 16.6. The fourth-order valence-electron chi connectivity index (χ4n) is 7.92. The second kappa shape index (κ2) is 42.1. The molecule has 0 amide bonds. The first-order valence-electron chi connectivity index (χ1n) is 27.0. The molecule has 3 rings (SSSR count). The molecule has 0 aliphatic rings. The van der Waals surface area contributed by atoms with Crippen LogP contribution in [0.25, 0.3) is 18.2 Å². The minimum atomic E-state index is -0.958. The fourth-order valence-corrected chi connectivity index (χ4v) is 7.92. The fraction of sp³-hybridized carbons (Fsp3) is 0.550. The van der Waals surface area contributed by atoms with Crippen LogP contribution in [0.3, 0.4) is 0 Å². The molecule has 0 radical (unpaired) electrons. The number of rotatable bonds is 47. The number of aliphatic carboxylic acids is 3. The minimum absolute atomic E-state index is 0.0486. The number of carbonyl (C=O) groups is 3. The summed E-state index contributed by atoms with van der Waals surface area (Å²) in [4.78, 5) is 32.1. The molecule has 0 saturated carbocycles. The summed E-state index contributed by atoms with van der Waals surface area (Å²) in [6.45, 7) is 5.42. The highest BCUT2D eigenvalue weighted by Crippen LogP contribution is 2.18. The largest absolute Gasteiger partial charge is 0.494 e. The van der Waals surface area contributed by atoms with Crippen molar-refractivity contribution in [2.45, 2.75) is 160 Å². The second-order valence-electron chi connectivity index (χ2n) is 18.4. The molecule has 0 bridgehead atoms. The van der Waals surface area contributed by atoms with Crippen molar-refractivity contribution in [3.63, 3.8) is 0 Å². The first kappa shape index (κ1) is 60.9. The molecule has 0 aliphatic heterocycles. The van der Waals surface area contributed by atoms with Crippen LogP contribution in [0.15, 0.2) is 91.0 Å². The molecule has 3 aromatic carbocycles. The first-order valence-corrected chi connectivity index (χ1v) is 27.0. The van der Waals surface area contributed by atoms with E-state index in [1.54, 1.807) is 18.2 Å². The van der Waals surface area contributed by atoms with Crippen molar-refractivity contribution in [2.24, 2.45) is 0 Å². The maximum atomic E-state index is 10.7. The van der Waals surface area contributed by atoms with Crippen LogP contribution in [-0.4, -0.2) is 92.2 Å². The third-order valence-electron chi connectivity index (χ3n) is 12.1. The molecule has 0 heterocycles. The summed E-state index contributed by atoms with van der Waals surface area (Å²) in [6.07, 6.45) is 35.9. The van der Waals surface area contributed by atoms with Crippen molar-refractivity contribution >= 4 is 36.1 Å². The van der Waals surface area contributed by atoms with Gasteiger partial charge in [0.15, 0.2) is 0 Å². The van der Waals surface area contributed by atoms with Gasteiger partial charge < -0.3 is 43.7 Å². The molecule has 0 atom stereocenters. The lowest BCUT2D eigenvalue weighted by molar-refractivity contribution is -0.132. The standard InChI is InChI=1S/C60H86O12/c61-58(62)40-31-51-25-34-54(35-26-51)69-45-21-15-9-3-1-7-13-19-43-67-49-57(72-48-24-18-12-6-5-11-17-23-47-71-56-38-29-53(30-39-56)33-42-60(65)66)50-68-44-20-14-8-2-4-10-16-22-46-70-55-36-27-52(28-37-55)32-41-59(63)64/h25-42,57H,1-24,43-50H2,(H,61,62)(H,63,64)(H,65,66). The number of hydrogen-bond acceptors (Lipinski definition) is 9. The van der Waals surface area contributed by atoms with E-state index in [4.69, 9.17) is 43.7 Å². The summed E-state index contributed by atoms with van der Waals surface area (Å²) >= 11 is 0. The Kier molecular flexibility index (Phi) is 35.6. The van der Waals surface area contributed by atoms with Crippen molar-refractivity contribution in [1.29, 1.82) is 0 Å². The van der Waals surface area contributed by atoms with E-state index in [0.29, 0.717) is 33.0 Å². The van der Waals surface area contributed by atoms with Gasteiger partial charge >= 0.3 is 17.9 Å². The SMILES string of the molecule is O=C(O)C=Cc1ccc(OCCCCCCCCCCOCC(COCCCCCCCCCCOc2ccc(C=CC(=O)O)cc2)OCCCCCCCCCCOc2ccc(C=CC(=O)O)cc2)cc1. The Morgan fingerprint density at radius 3 is 0.833 bits per heavy atom. The Balaban J connectivity index is 1.19. The van der Waals surface area contributed by atoms with Gasteiger partial charge in [0.2, 0.25) is 0 Å². The van der Waals surface area contributed by atoms with Gasteiger partial charge in [-0.15, -0.1) is 0 Å². The maximum absolute atomic E-state index is 10.7. The predicted octanol–water partition coefficient (Wildman–Crippen LogP) is 14.3. The number of unbranched alkanes of at least 4 members (excludes halogenated alkanes) is 21. The van der Waals surface area contributed by atoms with Crippen molar-refractivity contribution in [3.05, 3.63) is 108 Å². The van der Waals surface area contributed by atoms with Crippen LogP contribution in [0.4, 0.5) is 0 Å². The monoisotopic (exact) mass is 999 g/mol. The lowest BCUT2D eigenvalue weighted by Crippen LogP contribution is -2.26. The van der Waals surface area contributed by atoms with Gasteiger partial charge in [-0.1, -0.05) is 152 Å². The average Bonchev–Trinajstić information content (AvgIpc) is 3.38. The van der Waals surface area contributed by atoms with Crippen LogP contribution in [0.1, 0.15) is 171 Å². The smallest absolute Gasteiger partial charge is 0.328 e. The first-order chi connectivity index (χ1) is 35.3. The lowest BCUT2D eigenvalue weighted by Gasteiger charge is -2.18. The van der Waals surface area contributed by atoms with Crippen LogP contribution < -0.4 is 14.2 Å². The molecule has 0 unspecified atom stereocenters. The number of ether oxygens (including phenoxy) is 6. The Bertz CT molecular complexity index is 1810. The molecule has 3 N–H and O–H groups in total. The van der Waals surface area contributed by atoms with Gasteiger partial charge in [-0.2, -0.15) is 0 Å². The third-order valence-corrected chi connectivity index (χ3v) is 12.1. The Labute approximate surface area is 430 Å². The van der Waals surface area contributed by atoms with Crippen molar-refractivity contribution in [3.8, 4) is 17.2 Å². The highest BCUT2D eigenvalue weighted by molar-refractivity contribution is 5.86. The molecule has 0 saturated heterocycles. The molecular weight excluding hydrogens is 913 g/mol. The van der Waals surface area contributed by atoms with Crippen LogP contribution >= 0.6 is 0 Å². The molecule has 72 heavy (non-hydrogen) atoms. The predicted molar refractivity (Wildman–Crippen MR) is 288 cm³/mol. The summed E-state index contributed by atoms with van der Waals surface area (Å²) in [5, 5.41) is 26.3. The quantitative estimate of drug-likeness (QED) is 0.0362. The van der Waals surface area contributed by atoms with Crippen molar-refractivity contribution < 1.29 is 58.1 Å². The molecule has 0 aromatic heterocycles. The van der Waals surface area contributed by atoms with Gasteiger partial charge in [0.1, 0.15) is 23.4 Å². The summed E-state index contributed by atoms with van der Waals surface area (Å²) in [7, 11) is 0. The van der Waals surface area contributed by atoms with Crippen molar-refractivity contribution in [1.82, 2.24) is 0 Å². The molecular formula is C60H86O12. The molecule has 3 aromatic rings. The number of benzene rings is 3. The van der Waals surface area contributed by atoms with Gasteiger partial charge in [0.25, 0.3) is 0 Å². The number of hydrogen-bond donors (Lipinski definition) is 3. The Hall–Kier alpha value is -5.43. The highest BCUT2D eigenvalue weighted by Gasteiger charge is 2.11. The lowest BCUT2D eigenvalue weighted by atomic mass is 10.1. The molecule has 12 nitrogen and oxygen atoms in total. The van der Waals surface area contributed by atoms with E-state index < -0.39 is 17.9 Å². The van der Waals surface area contributed by atoms with Gasteiger partial charge in [-0.25, -0.2) is 14.4 Å². The van der Waals surface area contributed by atoms with E-state index in [9.17, 15) is 14.4 Å². The summed E-state index contributed by atoms with van der Waals surface area (Å²) in [5.74, 6) is -0.450. The van der Waals surface area contributed by atoms with Crippen LogP contribution in [0.2, 0.25) is 0 Å².